The number of halogens is 2. The molecule has 1 aromatic carbocycles. The Bertz CT molecular complexity index is 1530. The molecule has 2 aliphatic heterocycles. The predicted molar refractivity (Wildman–Crippen MR) is 145 cm³/mol. The standard InChI is InChI=1S/C28H29F2N7O4/c1-39-23-7-6-19(15-31-23)27(38)36-9-8-18(16-36)17-41-24-14-22(33-28(34-24)35-10-12-40-13-11-35)37-21-5-3-2-4-20(21)32-26(37)25(29)30/h2-7,14-15,18,25H,8-13,16-17H2,1H3/t18-/m0/s1. The van der Waals surface area contributed by atoms with E-state index in [1.165, 1.54) is 17.9 Å². The van der Waals surface area contributed by atoms with Gasteiger partial charge in [0.15, 0.2) is 5.82 Å². The Morgan fingerprint density at radius 3 is 2.66 bits per heavy atom. The van der Waals surface area contributed by atoms with Crippen molar-refractivity contribution in [1.82, 2.24) is 29.4 Å². The molecule has 0 radical (unpaired) electrons. The number of likely N-dealkylation sites (tertiary alicyclic amines) is 1. The number of ether oxygens (including phenoxy) is 3. The van der Waals surface area contributed by atoms with Crippen LogP contribution < -0.4 is 14.4 Å². The summed E-state index contributed by atoms with van der Waals surface area (Å²) in [5.41, 5.74) is 1.45. The number of imidazole rings is 1. The van der Waals surface area contributed by atoms with Crippen LogP contribution in [0.5, 0.6) is 11.8 Å². The van der Waals surface area contributed by atoms with E-state index in [1.54, 1.807) is 47.4 Å². The van der Waals surface area contributed by atoms with E-state index in [1.807, 2.05) is 4.90 Å². The van der Waals surface area contributed by atoms with Gasteiger partial charge in [-0.3, -0.25) is 9.36 Å². The Kier molecular flexibility index (Phi) is 7.59. The second-order valence-corrected chi connectivity index (χ2v) is 9.86. The third-order valence-corrected chi connectivity index (χ3v) is 7.21. The lowest BCUT2D eigenvalue weighted by atomic mass is 10.1. The number of hydrogen-bond acceptors (Lipinski definition) is 9. The fraction of sp³-hybridized carbons (Fsp3) is 0.393. The van der Waals surface area contributed by atoms with Crippen molar-refractivity contribution in [3.05, 3.63) is 60.0 Å². The van der Waals surface area contributed by atoms with Gasteiger partial charge >= 0.3 is 0 Å². The predicted octanol–water partition coefficient (Wildman–Crippen LogP) is 3.53. The van der Waals surface area contributed by atoms with E-state index in [0.717, 1.165) is 6.42 Å². The summed E-state index contributed by atoms with van der Waals surface area (Å²) in [7, 11) is 1.52. The second-order valence-electron chi connectivity index (χ2n) is 9.86. The highest BCUT2D eigenvalue weighted by Gasteiger charge is 2.29. The molecule has 41 heavy (non-hydrogen) atoms. The summed E-state index contributed by atoms with van der Waals surface area (Å²) in [6.45, 7) is 3.55. The average Bonchev–Trinajstić information content (AvgIpc) is 3.65. The van der Waals surface area contributed by atoms with Gasteiger partial charge in [0.05, 0.1) is 43.5 Å². The van der Waals surface area contributed by atoms with Crippen LogP contribution in [0.2, 0.25) is 0 Å². The summed E-state index contributed by atoms with van der Waals surface area (Å²) >= 11 is 0. The lowest BCUT2D eigenvalue weighted by molar-refractivity contribution is 0.0782. The fourth-order valence-electron chi connectivity index (χ4n) is 5.09. The number of carbonyl (C=O) groups is 1. The number of nitrogens with zero attached hydrogens (tertiary/aromatic N) is 7. The Morgan fingerprint density at radius 2 is 1.90 bits per heavy atom. The smallest absolute Gasteiger partial charge is 0.296 e. The molecule has 0 aliphatic carbocycles. The number of para-hydroxylation sites is 2. The van der Waals surface area contributed by atoms with Crippen LogP contribution in [-0.2, 0) is 4.74 Å². The molecule has 13 heteroatoms. The molecule has 11 nitrogen and oxygen atoms in total. The topological polar surface area (TPSA) is 108 Å². The van der Waals surface area contributed by atoms with E-state index >= 15 is 0 Å². The van der Waals surface area contributed by atoms with Gasteiger partial charge in [-0.25, -0.2) is 18.7 Å². The summed E-state index contributed by atoms with van der Waals surface area (Å²) in [4.78, 5) is 34.2. The van der Waals surface area contributed by atoms with Gasteiger partial charge in [-0.2, -0.15) is 9.97 Å². The summed E-state index contributed by atoms with van der Waals surface area (Å²) in [5, 5.41) is 0. The molecule has 214 valence electrons. The van der Waals surface area contributed by atoms with Crippen LogP contribution >= 0.6 is 0 Å². The molecule has 0 unspecified atom stereocenters. The highest BCUT2D eigenvalue weighted by atomic mass is 19.3. The molecule has 1 amide bonds. The first kappa shape index (κ1) is 26.8. The molecule has 3 aromatic heterocycles. The van der Waals surface area contributed by atoms with E-state index in [9.17, 15) is 13.6 Å². The number of alkyl halides is 2. The summed E-state index contributed by atoms with van der Waals surface area (Å²) < 4.78 is 46.2. The summed E-state index contributed by atoms with van der Waals surface area (Å²) in [6.07, 6.45) is -0.546. The van der Waals surface area contributed by atoms with Crippen LogP contribution in [0.4, 0.5) is 14.7 Å². The molecule has 0 bridgehead atoms. The largest absolute Gasteiger partial charge is 0.481 e. The number of fused-ring (bicyclic) bond motifs is 1. The maximum absolute atomic E-state index is 14.1. The number of hydrogen-bond donors (Lipinski definition) is 0. The SMILES string of the molecule is COc1ccc(C(=O)N2CC[C@H](COc3cc(-n4c(C(F)F)nc5ccccc54)nc(N4CCOCC4)n3)C2)cn1. The van der Waals surface area contributed by atoms with E-state index in [-0.39, 0.29) is 23.5 Å². The normalized spacial score (nSPS) is 17.4. The Labute approximate surface area is 234 Å². The molecule has 2 fully saturated rings. The number of rotatable bonds is 8. The highest BCUT2D eigenvalue weighted by molar-refractivity contribution is 5.94. The number of carbonyl (C=O) groups excluding carboxylic acids is 1. The molecule has 2 saturated heterocycles. The molecule has 0 N–H and O–H groups in total. The van der Waals surface area contributed by atoms with Gasteiger partial charge in [-0.15, -0.1) is 0 Å². The van der Waals surface area contributed by atoms with Gasteiger partial charge in [0.2, 0.25) is 17.7 Å². The van der Waals surface area contributed by atoms with Crippen LogP contribution in [0.15, 0.2) is 48.7 Å². The molecular formula is C28H29F2N7O4. The van der Waals surface area contributed by atoms with Crippen molar-refractivity contribution in [2.45, 2.75) is 12.8 Å². The van der Waals surface area contributed by atoms with Gasteiger partial charge in [-0.1, -0.05) is 12.1 Å². The Balaban J connectivity index is 1.24. The highest BCUT2D eigenvalue weighted by Crippen LogP contribution is 2.30. The lowest BCUT2D eigenvalue weighted by Gasteiger charge is -2.27. The number of benzene rings is 1. The van der Waals surface area contributed by atoms with E-state index in [4.69, 9.17) is 14.2 Å². The van der Waals surface area contributed by atoms with Crippen LogP contribution in [0, 0.1) is 5.92 Å². The first-order chi connectivity index (χ1) is 20.0. The quantitative estimate of drug-likeness (QED) is 0.317. The maximum atomic E-state index is 14.1. The van der Waals surface area contributed by atoms with Crippen LogP contribution in [-0.4, -0.2) is 88.4 Å². The third-order valence-electron chi connectivity index (χ3n) is 7.21. The zero-order valence-electron chi connectivity index (χ0n) is 22.4. The van der Waals surface area contributed by atoms with Gasteiger partial charge in [0, 0.05) is 50.4 Å². The van der Waals surface area contributed by atoms with Crippen LogP contribution in [0.1, 0.15) is 29.0 Å². The number of aromatic nitrogens is 5. The number of morpholine rings is 1. The molecule has 0 saturated carbocycles. The summed E-state index contributed by atoms with van der Waals surface area (Å²) in [6, 6.07) is 11.9. The fourth-order valence-corrected chi connectivity index (χ4v) is 5.09. The van der Waals surface area contributed by atoms with Crippen molar-refractivity contribution in [2.24, 2.45) is 5.92 Å². The number of anilines is 1. The molecule has 6 rings (SSSR count). The molecule has 2 aliphatic rings. The zero-order chi connectivity index (χ0) is 28.3. The monoisotopic (exact) mass is 565 g/mol. The molecule has 5 heterocycles. The number of pyridine rings is 1. The van der Waals surface area contributed by atoms with E-state index in [0.29, 0.717) is 74.4 Å². The zero-order valence-corrected chi connectivity index (χ0v) is 22.4. The molecule has 0 spiro atoms. The summed E-state index contributed by atoms with van der Waals surface area (Å²) in [5.74, 6) is 0.888. The Hall–Kier alpha value is -4.39. The van der Waals surface area contributed by atoms with Gasteiger partial charge in [-0.05, 0) is 24.6 Å². The number of amides is 1. The van der Waals surface area contributed by atoms with E-state index < -0.39 is 12.2 Å². The van der Waals surface area contributed by atoms with Crippen molar-refractivity contribution < 1.29 is 27.8 Å². The molecular weight excluding hydrogens is 536 g/mol. The van der Waals surface area contributed by atoms with Crippen molar-refractivity contribution in [3.8, 4) is 17.6 Å². The lowest BCUT2D eigenvalue weighted by Crippen LogP contribution is -2.37. The first-order valence-corrected chi connectivity index (χ1v) is 13.4. The number of methoxy groups -OCH3 is 1. The minimum Gasteiger partial charge on any atom is -0.481 e. The van der Waals surface area contributed by atoms with Crippen LogP contribution in [0.3, 0.4) is 0 Å². The Morgan fingerprint density at radius 1 is 1.07 bits per heavy atom. The van der Waals surface area contributed by atoms with Crippen molar-refractivity contribution in [3.63, 3.8) is 0 Å². The molecule has 4 aromatic rings. The van der Waals surface area contributed by atoms with Gasteiger partial charge < -0.3 is 24.0 Å². The maximum Gasteiger partial charge on any atom is 0.296 e. The third kappa shape index (κ3) is 5.62. The van der Waals surface area contributed by atoms with Crippen LogP contribution in [0.25, 0.3) is 16.9 Å². The minimum absolute atomic E-state index is 0.0705. The second kappa shape index (κ2) is 11.6. The van der Waals surface area contributed by atoms with E-state index in [2.05, 4.69) is 19.9 Å². The average molecular weight is 566 g/mol. The van der Waals surface area contributed by atoms with Crippen molar-refractivity contribution >= 4 is 22.9 Å². The minimum atomic E-state index is -2.81. The van der Waals surface area contributed by atoms with Gasteiger partial charge in [0.1, 0.15) is 5.82 Å². The molecule has 1 atom stereocenters. The van der Waals surface area contributed by atoms with Crippen molar-refractivity contribution in [1.29, 1.82) is 0 Å². The first-order valence-electron chi connectivity index (χ1n) is 13.4. The van der Waals surface area contributed by atoms with Crippen molar-refractivity contribution in [2.75, 3.05) is 58.0 Å². The van der Waals surface area contributed by atoms with Gasteiger partial charge in [0.25, 0.3) is 12.3 Å².